The van der Waals surface area contributed by atoms with Crippen molar-refractivity contribution in [2.45, 2.75) is 13.3 Å². The molecule has 0 fully saturated rings. The summed E-state index contributed by atoms with van der Waals surface area (Å²) < 4.78 is 39.7. The highest BCUT2D eigenvalue weighted by Crippen LogP contribution is 2.28. The average Bonchev–Trinajstić information content (AvgIpc) is 1.94. The molecule has 1 nitrogen and oxygen atoms in total. The predicted octanol–water partition coefficient (Wildman–Crippen LogP) is 3.50. The van der Waals surface area contributed by atoms with Gasteiger partial charge in [0.1, 0.15) is 5.75 Å². The van der Waals surface area contributed by atoms with Gasteiger partial charge in [-0.1, -0.05) is 6.07 Å². The van der Waals surface area contributed by atoms with E-state index in [1.807, 2.05) is 0 Å². The number of halogens is 4. The molecule has 0 radical (unpaired) electrons. The molecule has 0 unspecified atom stereocenters. The van der Waals surface area contributed by atoms with Crippen LogP contribution < -0.4 is 4.74 Å². The summed E-state index contributed by atoms with van der Waals surface area (Å²) >= 11 is 1.79. The highest BCUT2D eigenvalue weighted by atomic mass is 127. The van der Waals surface area contributed by atoms with Gasteiger partial charge in [-0.25, -0.2) is 0 Å². The second-order valence-electron chi connectivity index (χ2n) is 2.48. The van der Waals surface area contributed by atoms with Gasteiger partial charge >= 0.3 is 6.36 Å². The second-order valence-corrected chi connectivity index (χ2v) is 3.64. The Kier molecular flexibility index (Phi) is 3.05. The molecule has 0 amide bonds. The fourth-order valence-corrected chi connectivity index (χ4v) is 1.26. The summed E-state index contributed by atoms with van der Waals surface area (Å²) in [5, 5.41) is 0. The van der Waals surface area contributed by atoms with Crippen LogP contribution in [0.2, 0.25) is 0 Å². The molecule has 1 aromatic rings. The number of alkyl halides is 3. The van der Waals surface area contributed by atoms with E-state index < -0.39 is 6.36 Å². The first-order valence-corrected chi connectivity index (χ1v) is 4.48. The molecule has 0 saturated carbocycles. The lowest BCUT2D eigenvalue weighted by atomic mass is 10.2. The second kappa shape index (κ2) is 3.73. The molecular weight excluding hydrogens is 296 g/mol. The van der Waals surface area contributed by atoms with Gasteiger partial charge in [-0.3, -0.25) is 0 Å². The molecule has 0 saturated heterocycles. The van der Waals surface area contributed by atoms with E-state index in [1.54, 1.807) is 41.6 Å². The van der Waals surface area contributed by atoms with Crippen LogP contribution in [0.5, 0.6) is 5.75 Å². The summed E-state index contributed by atoms with van der Waals surface area (Å²) in [5.41, 5.74) is 0.736. The molecule has 0 N–H and O–H groups in total. The van der Waals surface area contributed by atoms with Crippen molar-refractivity contribution < 1.29 is 17.9 Å². The number of benzene rings is 1. The van der Waals surface area contributed by atoms with E-state index >= 15 is 0 Å². The third kappa shape index (κ3) is 3.41. The van der Waals surface area contributed by atoms with Gasteiger partial charge in [-0.2, -0.15) is 0 Å². The van der Waals surface area contributed by atoms with Gasteiger partial charge in [-0.15, -0.1) is 13.2 Å². The minimum atomic E-state index is -4.62. The molecule has 0 aromatic heterocycles. The van der Waals surface area contributed by atoms with Crippen LogP contribution >= 0.6 is 22.6 Å². The fourth-order valence-electron chi connectivity index (χ4n) is 0.813. The first kappa shape index (κ1) is 10.6. The standard InChI is InChI=1S/C8H6F3IO/c1-5-2-3-6(12)7(4-5)13-8(9,10)11/h2-4H,1H3. The minimum absolute atomic E-state index is 0.145. The summed E-state index contributed by atoms with van der Waals surface area (Å²) in [7, 11) is 0. The Hall–Kier alpha value is -0.460. The van der Waals surface area contributed by atoms with Crippen molar-refractivity contribution in [3.8, 4) is 5.75 Å². The van der Waals surface area contributed by atoms with Gasteiger partial charge in [0, 0.05) is 0 Å². The van der Waals surface area contributed by atoms with Gasteiger partial charge in [0.05, 0.1) is 3.57 Å². The van der Waals surface area contributed by atoms with Crippen molar-refractivity contribution in [1.29, 1.82) is 0 Å². The van der Waals surface area contributed by atoms with E-state index in [0.717, 1.165) is 5.56 Å². The van der Waals surface area contributed by atoms with Gasteiger partial charge in [0.2, 0.25) is 0 Å². The number of ether oxygens (including phenoxy) is 1. The molecule has 0 aliphatic rings. The molecule has 72 valence electrons. The molecule has 0 aliphatic carbocycles. The lowest BCUT2D eigenvalue weighted by Crippen LogP contribution is -2.17. The largest absolute Gasteiger partial charge is 0.573 e. The van der Waals surface area contributed by atoms with Gasteiger partial charge < -0.3 is 4.74 Å². The predicted molar refractivity (Wildman–Crippen MR) is 50.6 cm³/mol. The highest BCUT2D eigenvalue weighted by molar-refractivity contribution is 14.1. The van der Waals surface area contributed by atoms with Crippen LogP contribution in [0.4, 0.5) is 13.2 Å². The summed E-state index contributed by atoms with van der Waals surface area (Å²) in [6.07, 6.45) is -4.62. The van der Waals surface area contributed by atoms with E-state index in [2.05, 4.69) is 4.74 Å². The summed E-state index contributed by atoms with van der Waals surface area (Å²) in [6.45, 7) is 1.71. The first-order valence-electron chi connectivity index (χ1n) is 3.40. The van der Waals surface area contributed by atoms with Crippen LogP contribution in [0.25, 0.3) is 0 Å². The molecule has 0 spiro atoms. The van der Waals surface area contributed by atoms with Crippen molar-refractivity contribution in [2.24, 2.45) is 0 Å². The van der Waals surface area contributed by atoms with Gasteiger partial charge in [0.15, 0.2) is 0 Å². The molecule has 0 aliphatic heterocycles. The van der Waals surface area contributed by atoms with Crippen LogP contribution in [-0.2, 0) is 0 Å². The maximum absolute atomic E-state index is 11.8. The topological polar surface area (TPSA) is 9.23 Å². The maximum Gasteiger partial charge on any atom is 0.573 e. The van der Waals surface area contributed by atoms with Gasteiger partial charge in [0.25, 0.3) is 0 Å². The smallest absolute Gasteiger partial charge is 0.405 e. The van der Waals surface area contributed by atoms with Crippen molar-refractivity contribution >= 4 is 22.6 Å². The Balaban J connectivity index is 2.94. The molecule has 0 bridgehead atoms. The fraction of sp³-hybridized carbons (Fsp3) is 0.250. The van der Waals surface area contributed by atoms with Crippen molar-refractivity contribution in [1.82, 2.24) is 0 Å². The SMILES string of the molecule is Cc1ccc(I)c(OC(F)(F)F)c1. The van der Waals surface area contributed by atoms with E-state index in [9.17, 15) is 13.2 Å². The van der Waals surface area contributed by atoms with Crippen LogP contribution in [0.3, 0.4) is 0 Å². The third-order valence-electron chi connectivity index (χ3n) is 1.31. The Morgan fingerprint density at radius 3 is 2.46 bits per heavy atom. The molecule has 1 aromatic carbocycles. The first-order chi connectivity index (χ1) is 5.88. The average molecular weight is 302 g/mol. The van der Waals surface area contributed by atoms with Crippen molar-refractivity contribution in [2.75, 3.05) is 0 Å². The van der Waals surface area contributed by atoms with Crippen molar-refractivity contribution in [3.05, 3.63) is 27.3 Å². The Bertz CT molecular complexity index is 309. The summed E-state index contributed by atoms with van der Waals surface area (Å²) in [5.74, 6) is -0.145. The lowest BCUT2D eigenvalue weighted by Gasteiger charge is -2.10. The van der Waals surface area contributed by atoms with Gasteiger partial charge in [-0.05, 0) is 47.2 Å². The zero-order valence-electron chi connectivity index (χ0n) is 6.65. The molecule has 1 rings (SSSR count). The normalized spacial score (nSPS) is 11.5. The number of hydrogen-bond donors (Lipinski definition) is 0. The third-order valence-corrected chi connectivity index (χ3v) is 2.20. The Labute approximate surface area is 87.0 Å². The molecule has 5 heteroatoms. The van der Waals surface area contributed by atoms with Crippen molar-refractivity contribution in [3.63, 3.8) is 0 Å². The Morgan fingerprint density at radius 2 is 1.92 bits per heavy atom. The zero-order valence-corrected chi connectivity index (χ0v) is 8.81. The summed E-state index contributed by atoms with van der Waals surface area (Å²) in [4.78, 5) is 0. The lowest BCUT2D eigenvalue weighted by molar-refractivity contribution is -0.274. The molecule has 0 heterocycles. The van der Waals surface area contributed by atoms with Crippen LogP contribution in [-0.4, -0.2) is 6.36 Å². The van der Waals surface area contributed by atoms with E-state index in [1.165, 1.54) is 6.07 Å². The molecule has 0 atom stereocenters. The number of hydrogen-bond acceptors (Lipinski definition) is 1. The quantitative estimate of drug-likeness (QED) is 0.722. The molecular formula is C8H6F3IO. The van der Waals surface area contributed by atoms with E-state index in [4.69, 9.17) is 0 Å². The summed E-state index contributed by atoms with van der Waals surface area (Å²) in [6, 6.07) is 4.66. The number of rotatable bonds is 1. The van der Waals surface area contributed by atoms with Crippen LogP contribution in [0.15, 0.2) is 18.2 Å². The minimum Gasteiger partial charge on any atom is -0.405 e. The zero-order chi connectivity index (χ0) is 10.1. The Morgan fingerprint density at radius 1 is 1.31 bits per heavy atom. The maximum atomic E-state index is 11.8. The number of aryl methyl sites for hydroxylation is 1. The van der Waals surface area contributed by atoms with Crippen LogP contribution in [0, 0.1) is 10.5 Å². The van der Waals surface area contributed by atoms with E-state index in [0.29, 0.717) is 3.57 Å². The molecule has 13 heavy (non-hydrogen) atoms. The highest BCUT2D eigenvalue weighted by Gasteiger charge is 2.31. The van der Waals surface area contributed by atoms with Crippen LogP contribution in [0.1, 0.15) is 5.56 Å². The van der Waals surface area contributed by atoms with E-state index in [-0.39, 0.29) is 5.75 Å². The monoisotopic (exact) mass is 302 g/mol.